The summed E-state index contributed by atoms with van der Waals surface area (Å²) in [6.07, 6.45) is 0.322. The van der Waals surface area contributed by atoms with Crippen LogP contribution in [-0.2, 0) is 17.8 Å². The van der Waals surface area contributed by atoms with Crippen molar-refractivity contribution >= 4 is 17.5 Å². The summed E-state index contributed by atoms with van der Waals surface area (Å²) in [4.78, 5) is 16.0. The molecule has 134 valence electrons. The number of carbonyl (C=O) groups excluding carboxylic acids is 1. The molecule has 0 atom stereocenters. The SMILES string of the molecule is O=C(CCc1nc(-c2ccccc2F)no1)NCc1ccc(F)cc1Cl. The molecule has 3 rings (SSSR count). The third-order valence-corrected chi connectivity index (χ3v) is 3.99. The zero-order chi connectivity index (χ0) is 18.5. The second kappa shape index (κ2) is 8.05. The van der Waals surface area contributed by atoms with Gasteiger partial charge < -0.3 is 9.84 Å². The molecule has 1 aromatic heterocycles. The Morgan fingerprint density at radius 3 is 2.77 bits per heavy atom. The molecule has 0 radical (unpaired) electrons. The van der Waals surface area contributed by atoms with E-state index >= 15 is 0 Å². The lowest BCUT2D eigenvalue weighted by Crippen LogP contribution is -2.23. The van der Waals surface area contributed by atoms with Gasteiger partial charge >= 0.3 is 0 Å². The van der Waals surface area contributed by atoms with Gasteiger partial charge in [-0.1, -0.05) is 35.0 Å². The van der Waals surface area contributed by atoms with Crippen molar-refractivity contribution in [2.24, 2.45) is 0 Å². The Labute approximate surface area is 153 Å². The largest absolute Gasteiger partial charge is 0.352 e. The molecule has 1 amide bonds. The molecular weight excluding hydrogens is 364 g/mol. The predicted molar refractivity (Wildman–Crippen MR) is 91.3 cm³/mol. The fraction of sp³-hybridized carbons (Fsp3) is 0.167. The fourth-order valence-corrected chi connectivity index (χ4v) is 2.51. The standard InChI is InChI=1S/C18H14ClF2N3O2/c19-14-9-12(20)6-5-11(14)10-22-16(25)7-8-17-23-18(24-26-17)13-3-1-2-4-15(13)21/h1-6,9H,7-8,10H2,(H,22,25). The first kappa shape index (κ1) is 18.0. The molecule has 5 nitrogen and oxygen atoms in total. The van der Waals surface area contributed by atoms with Crippen molar-refractivity contribution in [3.05, 3.63) is 70.6 Å². The molecule has 0 unspecified atom stereocenters. The number of hydrogen-bond donors (Lipinski definition) is 1. The number of rotatable bonds is 6. The van der Waals surface area contributed by atoms with E-state index in [0.29, 0.717) is 5.56 Å². The minimum Gasteiger partial charge on any atom is -0.352 e. The molecule has 1 N–H and O–H groups in total. The first-order valence-electron chi connectivity index (χ1n) is 7.81. The van der Waals surface area contributed by atoms with E-state index in [4.69, 9.17) is 16.1 Å². The van der Waals surface area contributed by atoms with Gasteiger partial charge in [0.25, 0.3) is 0 Å². The molecule has 2 aromatic carbocycles. The molecule has 0 aliphatic heterocycles. The van der Waals surface area contributed by atoms with Gasteiger partial charge in [-0.3, -0.25) is 4.79 Å². The molecule has 0 saturated carbocycles. The number of amides is 1. The Morgan fingerprint density at radius 2 is 2.00 bits per heavy atom. The third-order valence-electron chi connectivity index (χ3n) is 3.64. The van der Waals surface area contributed by atoms with Gasteiger partial charge in [-0.15, -0.1) is 0 Å². The van der Waals surface area contributed by atoms with E-state index in [1.165, 1.54) is 24.3 Å². The van der Waals surface area contributed by atoms with Crippen LogP contribution in [0.5, 0.6) is 0 Å². The maximum absolute atomic E-state index is 13.7. The van der Waals surface area contributed by atoms with Crippen LogP contribution in [0.2, 0.25) is 5.02 Å². The third kappa shape index (κ3) is 4.43. The summed E-state index contributed by atoms with van der Waals surface area (Å²) in [5.74, 6) is -0.772. The molecule has 3 aromatic rings. The van der Waals surface area contributed by atoms with Gasteiger partial charge in [0.2, 0.25) is 17.6 Å². The maximum Gasteiger partial charge on any atom is 0.227 e. The minimum absolute atomic E-state index is 0.109. The van der Waals surface area contributed by atoms with Crippen LogP contribution in [0.15, 0.2) is 47.0 Å². The van der Waals surface area contributed by atoms with Gasteiger partial charge in [0.1, 0.15) is 11.6 Å². The Morgan fingerprint density at radius 1 is 1.19 bits per heavy atom. The molecule has 8 heteroatoms. The highest BCUT2D eigenvalue weighted by Gasteiger charge is 2.13. The number of benzene rings is 2. The highest BCUT2D eigenvalue weighted by Crippen LogP contribution is 2.20. The van der Waals surface area contributed by atoms with Crippen LogP contribution in [-0.4, -0.2) is 16.0 Å². The van der Waals surface area contributed by atoms with E-state index < -0.39 is 11.6 Å². The molecule has 0 aliphatic rings. The highest BCUT2D eigenvalue weighted by molar-refractivity contribution is 6.31. The normalized spacial score (nSPS) is 10.7. The van der Waals surface area contributed by atoms with Crippen LogP contribution in [0.3, 0.4) is 0 Å². The van der Waals surface area contributed by atoms with Gasteiger partial charge in [0, 0.05) is 24.4 Å². The second-order valence-electron chi connectivity index (χ2n) is 5.50. The number of nitrogens with one attached hydrogen (secondary N) is 1. The topological polar surface area (TPSA) is 68.0 Å². The van der Waals surface area contributed by atoms with Crippen molar-refractivity contribution in [1.82, 2.24) is 15.5 Å². The van der Waals surface area contributed by atoms with E-state index in [2.05, 4.69) is 15.5 Å². The molecular formula is C18H14ClF2N3O2. The fourth-order valence-electron chi connectivity index (χ4n) is 2.28. The summed E-state index contributed by atoms with van der Waals surface area (Å²) in [7, 11) is 0. The van der Waals surface area contributed by atoms with Crippen molar-refractivity contribution in [3.8, 4) is 11.4 Å². The number of nitrogens with zero attached hydrogens (tertiary/aromatic N) is 2. The highest BCUT2D eigenvalue weighted by atomic mass is 35.5. The maximum atomic E-state index is 13.7. The molecule has 0 saturated heterocycles. The van der Waals surface area contributed by atoms with Crippen molar-refractivity contribution in [2.75, 3.05) is 0 Å². The zero-order valence-corrected chi connectivity index (χ0v) is 14.3. The van der Waals surface area contributed by atoms with E-state index in [-0.39, 0.29) is 47.6 Å². The van der Waals surface area contributed by atoms with E-state index in [1.54, 1.807) is 18.2 Å². The van der Waals surface area contributed by atoms with Crippen LogP contribution in [0, 0.1) is 11.6 Å². The zero-order valence-electron chi connectivity index (χ0n) is 13.5. The Balaban J connectivity index is 1.53. The second-order valence-corrected chi connectivity index (χ2v) is 5.91. The summed E-state index contributed by atoms with van der Waals surface area (Å²) in [6.45, 7) is 0.183. The van der Waals surface area contributed by atoms with E-state index in [1.807, 2.05) is 0 Å². The van der Waals surface area contributed by atoms with Crippen LogP contribution in [0.1, 0.15) is 17.9 Å². The molecule has 0 spiro atoms. The number of hydrogen-bond acceptors (Lipinski definition) is 4. The van der Waals surface area contributed by atoms with Crippen molar-refractivity contribution < 1.29 is 18.1 Å². The van der Waals surface area contributed by atoms with Crippen LogP contribution in [0.4, 0.5) is 8.78 Å². The van der Waals surface area contributed by atoms with Crippen LogP contribution >= 0.6 is 11.6 Å². The van der Waals surface area contributed by atoms with Gasteiger partial charge in [-0.25, -0.2) is 8.78 Å². The van der Waals surface area contributed by atoms with Gasteiger partial charge in [0.05, 0.1) is 5.56 Å². The minimum atomic E-state index is -0.450. The summed E-state index contributed by atoms with van der Waals surface area (Å²) in [5.41, 5.74) is 0.846. The number of halogens is 3. The first-order chi connectivity index (χ1) is 12.5. The molecule has 0 aliphatic carbocycles. The van der Waals surface area contributed by atoms with Gasteiger partial charge in [0.15, 0.2) is 0 Å². The average Bonchev–Trinajstić information content (AvgIpc) is 3.08. The molecule has 1 heterocycles. The van der Waals surface area contributed by atoms with Gasteiger partial charge in [-0.05, 0) is 29.8 Å². The number of aromatic nitrogens is 2. The van der Waals surface area contributed by atoms with Crippen molar-refractivity contribution in [2.45, 2.75) is 19.4 Å². The Bertz CT molecular complexity index is 930. The summed E-state index contributed by atoms with van der Waals surface area (Å²) in [5, 5.41) is 6.66. The number of aryl methyl sites for hydroxylation is 1. The lowest BCUT2D eigenvalue weighted by atomic mass is 10.2. The van der Waals surface area contributed by atoms with E-state index in [9.17, 15) is 13.6 Å². The quantitative estimate of drug-likeness (QED) is 0.707. The average molecular weight is 378 g/mol. The monoisotopic (exact) mass is 377 g/mol. The molecule has 0 fully saturated rings. The predicted octanol–water partition coefficient (Wildman–Crippen LogP) is 3.92. The molecule has 0 bridgehead atoms. The summed E-state index contributed by atoms with van der Waals surface area (Å²) >= 11 is 5.90. The summed E-state index contributed by atoms with van der Waals surface area (Å²) < 4.78 is 31.7. The lowest BCUT2D eigenvalue weighted by Gasteiger charge is -2.06. The smallest absolute Gasteiger partial charge is 0.227 e. The Hall–Kier alpha value is -2.80. The Kier molecular flexibility index (Phi) is 5.58. The lowest BCUT2D eigenvalue weighted by molar-refractivity contribution is -0.121. The van der Waals surface area contributed by atoms with E-state index in [0.717, 1.165) is 0 Å². The number of carbonyl (C=O) groups is 1. The van der Waals surface area contributed by atoms with Crippen LogP contribution in [0.25, 0.3) is 11.4 Å². The first-order valence-corrected chi connectivity index (χ1v) is 8.19. The van der Waals surface area contributed by atoms with Gasteiger partial charge in [-0.2, -0.15) is 4.98 Å². The summed E-state index contributed by atoms with van der Waals surface area (Å²) in [6, 6.07) is 10.1. The molecule has 26 heavy (non-hydrogen) atoms. The van der Waals surface area contributed by atoms with Crippen molar-refractivity contribution in [1.29, 1.82) is 0 Å². The van der Waals surface area contributed by atoms with Crippen molar-refractivity contribution in [3.63, 3.8) is 0 Å². The van der Waals surface area contributed by atoms with Crippen LogP contribution < -0.4 is 5.32 Å².